The number of urea groups is 1. The van der Waals surface area contributed by atoms with Crippen molar-refractivity contribution in [3.63, 3.8) is 0 Å². The van der Waals surface area contributed by atoms with E-state index in [-0.39, 0.29) is 10.2 Å². The Morgan fingerprint density at radius 1 is 1.33 bits per heavy atom. The summed E-state index contributed by atoms with van der Waals surface area (Å²) in [5, 5.41) is 21.3. The molecule has 21 heavy (non-hydrogen) atoms. The maximum Gasteiger partial charge on any atom is 0.416 e. The van der Waals surface area contributed by atoms with Crippen molar-refractivity contribution in [3.05, 3.63) is 28.2 Å². The molecule has 10 heteroatoms. The molecule has 2 amide bonds. The molecule has 0 saturated heterocycles. The summed E-state index contributed by atoms with van der Waals surface area (Å²) in [6.45, 7) is -0.855. The van der Waals surface area contributed by atoms with Crippen molar-refractivity contribution in [3.8, 4) is 0 Å². The first-order chi connectivity index (χ1) is 9.65. The fourth-order valence-corrected chi connectivity index (χ4v) is 1.65. The molecule has 0 heterocycles. The van der Waals surface area contributed by atoms with Crippen molar-refractivity contribution in [1.29, 1.82) is 0 Å². The van der Waals surface area contributed by atoms with Crippen LogP contribution in [0.25, 0.3) is 0 Å². The van der Waals surface area contributed by atoms with Crippen LogP contribution in [-0.2, 0) is 11.0 Å². The van der Waals surface area contributed by atoms with Crippen LogP contribution >= 0.6 is 15.9 Å². The molecule has 0 fully saturated rings. The third-order valence-corrected chi connectivity index (χ3v) is 3.02. The molecule has 0 aliphatic heterocycles. The van der Waals surface area contributed by atoms with Crippen LogP contribution in [0.1, 0.15) is 5.56 Å². The number of carboxylic acids is 1. The molecule has 116 valence electrons. The molecule has 1 rings (SSSR count). The maximum absolute atomic E-state index is 12.6. The number of alkyl halides is 3. The van der Waals surface area contributed by atoms with Gasteiger partial charge in [0.05, 0.1) is 17.9 Å². The average molecular weight is 371 g/mol. The topological polar surface area (TPSA) is 98.7 Å². The summed E-state index contributed by atoms with van der Waals surface area (Å²) in [6.07, 6.45) is -4.58. The van der Waals surface area contributed by atoms with Crippen LogP contribution in [0.15, 0.2) is 22.7 Å². The third-order valence-electron chi connectivity index (χ3n) is 2.33. The van der Waals surface area contributed by atoms with Crippen LogP contribution in [0.4, 0.5) is 23.7 Å². The second kappa shape index (κ2) is 6.76. The first-order valence-electron chi connectivity index (χ1n) is 5.43. The van der Waals surface area contributed by atoms with Crippen molar-refractivity contribution in [2.75, 3.05) is 11.9 Å². The molecule has 0 aromatic heterocycles. The lowest BCUT2D eigenvalue weighted by Gasteiger charge is -2.15. The van der Waals surface area contributed by atoms with E-state index in [1.165, 1.54) is 0 Å². The fraction of sp³-hybridized carbons (Fsp3) is 0.273. The van der Waals surface area contributed by atoms with E-state index in [2.05, 4.69) is 21.2 Å². The van der Waals surface area contributed by atoms with Crippen LogP contribution in [0.5, 0.6) is 0 Å². The second-order valence-corrected chi connectivity index (χ2v) is 4.72. The number of rotatable bonds is 4. The molecule has 0 aliphatic rings. The number of hydrogen-bond acceptors (Lipinski definition) is 3. The summed E-state index contributed by atoms with van der Waals surface area (Å²) in [4.78, 5) is 22.1. The molecule has 0 saturated carbocycles. The zero-order valence-corrected chi connectivity index (χ0v) is 11.8. The molecule has 0 aliphatic carbocycles. The lowest BCUT2D eigenvalue weighted by Crippen LogP contribution is -2.45. The van der Waals surface area contributed by atoms with Crippen LogP contribution in [0.2, 0.25) is 0 Å². The Labute approximate surface area is 125 Å². The third kappa shape index (κ3) is 4.90. The Balaban J connectivity index is 2.87. The van der Waals surface area contributed by atoms with Crippen molar-refractivity contribution in [2.24, 2.45) is 0 Å². The Morgan fingerprint density at radius 3 is 2.43 bits per heavy atom. The van der Waals surface area contributed by atoms with E-state index in [1.807, 2.05) is 5.32 Å². The normalized spacial score (nSPS) is 12.6. The number of carbonyl (C=O) groups excluding carboxylic acids is 1. The van der Waals surface area contributed by atoms with Crippen molar-refractivity contribution < 1.29 is 33.0 Å². The monoisotopic (exact) mass is 370 g/mol. The average Bonchev–Trinajstić information content (AvgIpc) is 2.36. The second-order valence-electron chi connectivity index (χ2n) is 3.86. The highest BCUT2D eigenvalue weighted by molar-refractivity contribution is 9.10. The first kappa shape index (κ1) is 17.2. The van der Waals surface area contributed by atoms with Crippen molar-refractivity contribution in [1.82, 2.24) is 5.32 Å². The van der Waals surface area contributed by atoms with Gasteiger partial charge in [-0.1, -0.05) is 0 Å². The number of hydrogen-bond donors (Lipinski definition) is 4. The van der Waals surface area contributed by atoms with E-state index in [0.717, 1.165) is 12.1 Å². The summed E-state index contributed by atoms with van der Waals surface area (Å²) in [7, 11) is 0. The van der Waals surface area contributed by atoms with Gasteiger partial charge in [-0.3, -0.25) is 0 Å². The number of carbonyl (C=O) groups is 2. The van der Waals surface area contributed by atoms with Gasteiger partial charge in [0.15, 0.2) is 6.04 Å². The fourth-order valence-electron chi connectivity index (χ4n) is 1.30. The van der Waals surface area contributed by atoms with Gasteiger partial charge in [-0.15, -0.1) is 0 Å². The van der Waals surface area contributed by atoms with Gasteiger partial charge in [0, 0.05) is 4.47 Å². The number of aliphatic hydroxyl groups is 1. The highest BCUT2D eigenvalue weighted by atomic mass is 79.9. The molecule has 6 nitrogen and oxygen atoms in total. The lowest BCUT2D eigenvalue weighted by atomic mass is 10.2. The first-order valence-corrected chi connectivity index (χ1v) is 6.22. The maximum atomic E-state index is 12.6. The van der Waals surface area contributed by atoms with E-state index in [0.29, 0.717) is 6.07 Å². The molecule has 0 unspecified atom stereocenters. The number of amides is 2. The minimum absolute atomic E-state index is 0.182. The SMILES string of the molecule is O=C(Nc1cc(C(F)(F)F)ccc1Br)N[C@@H](CO)C(=O)O. The predicted octanol–water partition coefficient (Wildman–Crippen LogP) is 2.03. The van der Waals surface area contributed by atoms with Gasteiger partial charge in [0.2, 0.25) is 0 Å². The zero-order chi connectivity index (χ0) is 16.2. The van der Waals surface area contributed by atoms with Crippen LogP contribution in [0, 0.1) is 0 Å². The molecular formula is C11H10BrF3N2O4. The molecule has 0 radical (unpaired) electrons. The number of aliphatic hydroxyl groups excluding tert-OH is 1. The molecule has 0 spiro atoms. The van der Waals surface area contributed by atoms with E-state index in [9.17, 15) is 22.8 Å². The number of aliphatic carboxylic acids is 1. The van der Waals surface area contributed by atoms with Gasteiger partial charge >= 0.3 is 18.2 Å². The molecule has 1 atom stereocenters. The summed E-state index contributed by atoms with van der Waals surface area (Å²) < 4.78 is 37.8. The smallest absolute Gasteiger partial charge is 0.416 e. The Hall–Kier alpha value is -1.81. The standard InChI is InChI=1S/C11H10BrF3N2O4/c12-6-2-1-5(11(13,14)15)3-7(6)16-10(21)17-8(4-18)9(19)20/h1-3,8,18H,4H2,(H,19,20)(H2,16,17,21)/t8-/m0/s1. The molecule has 1 aromatic rings. The highest BCUT2D eigenvalue weighted by Crippen LogP contribution is 2.33. The minimum atomic E-state index is -4.58. The van der Waals surface area contributed by atoms with Crippen LogP contribution in [-0.4, -0.2) is 34.9 Å². The Bertz CT molecular complexity index is 551. The summed E-state index contributed by atoms with van der Waals surface area (Å²) in [5.74, 6) is -1.48. The Kier molecular flexibility index (Phi) is 5.55. The summed E-state index contributed by atoms with van der Waals surface area (Å²) in [6, 6.07) is -0.00979. The number of carboxylic acid groups (broad SMARTS) is 1. The quantitative estimate of drug-likeness (QED) is 0.651. The van der Waals surface area contributed by atoms with Gasteiger partial charge in [0.25, 0.3) is 0 Å². The van der Waals surface area contributed by atoms with Gasteiger partial charge in [0.1, 0.15) is 0 Å². The summed E-state index contributed by atoms with van der Waals surface area (Å²) >= 11 is 2.96. The lowest BCUT2D eigenvalue weighted by molar-refractivity contribution is -0.140. The van der Waals surface area contributed by atoms with Gasteiger partial charge < -0.3 is 20.8 Å². The molecule has 1 aromatic carbocycles. The van der Waals surface area contributed by atoms with E-state index in [4.69, 9.17) is 10.2 Å². The zero-order valence-electron chi connectivity index (χ0n) is 10.2. The van der Waals surface area contributed by atoms with Crippen LogP contribution < -0.4 is 10.6 Å². The van der Waals surface area contributed by atoms with E-state index < -0.39 is 36.4 Å². The number of halogens is 4. The van der Waals surface area contributed by atoms with Crippen molar-refractivity contribution >= 4 is 33.6 Å². The minimum Gasteiger partial charge on any atom is -0.480 e. The van der Waals surface area contributed by atoms with Crippen LogP contribution in [0.3, 0.4) is 0 Å². The van der Waals surface area contributed by atoms with E-state index in [1.54, 1.807) is 0 Å². The summed E-state index contributed by atoms with van der Waals surface area (Å²) in [5.41, 5.74) is -1.16. The van der Waals surface area contributed by atoms with Gasteiger partial charge in [-0.25, -0.2) is 9.59 Å². The van der Waals surface area contributed by atoms with Crippen molar-refractivity contribution in [2.45, 2.75) is 12.2 Å². The number of benzene rings is 1. The number of nitrogens with one attached hydrogen (secondary N) is 2. The predicted molar refractivity (Wildman–Crippen MR) is 69.8 cm³/mol. The molecular weight excluding hydrogens is 361 g/mol. The van der Waals surface area contributed by atoms with Gasteiger partial charge in [-0.2, -0.15) is 13.2 Å². The molecule has 0 bridgehead atoms. The number of anilines is 1. The Morgan fingerprint density at radius 2 is 1.95 bits per heavy atom. The van der Waals surface area contributed by atoms with E-state index >= 15 is 0 Å². The highest BCUT2D eigenvalue weighted by Gasteiger charge is 2.31. The van der Waals surface area contributed by atoms with Gasteiger partial charge in [-0.05, 0) is 34.1 Å². The largest absolute Gasteiger partial charge is 0.480 e. The molecule has 4 N–H and O–H groups in total.